The van der Waals surface area contributed by atoms with Gasteiger partial charge in [0.05, 0.1) is 11.5 Å². The van der Waals surface area contributed by atoms with Gasteiger partial charge in [0, 0.05) is 22.2 Å². The number of benzene rings is 2. The average molecular weight is 376 g/mol. The van der Waals surface area contributed by atoms with Crippen LogP contribution in [0.1, 0.15) is 24.6 Å². The summed E-state index contributed by atoms with van der Waals surface area (Å²) in [5, 5.41) is 3.43. The normalized spacial score (nSPS) is 11.7. The maximum absolute atomic E-state index is 12.8. The molecule has 3 rings (SSSR count). The molecule has 0 amide bonds. The van der Waals surface area contributed by atoms with Crippen LogP contribution in [0.2, 0.25) is 0 Å². The predicted molar refractivity (Wildman–Crippen MR) is 103 cm³/mol. The third kappa shape index (κ3) is 4.21. The number of hydrogen-bond donors (Lipinski definition) is 1. The number of rotatable bonds is 8. The van der Waals surface area contributed by atoms with Gasteiger partial charge in [-0.2, -0.15) is 0 Å². The maximum Gasteiger partial charge on any atom is 0.241 e. The fraction of sp³-hybridized carbons (Fsp3) is 0.263. The highest BCUT2D eigenvalue weighted by atomic mass is 32.2. The molecule has 4 nitrogen and oxygen atoms in total. The molecular weight excluding hydrogens is 354 g/mol. The van der Waals surface area contributed by atoms with Crippen LogP contribution in [0.4, 0.5) is 0 Å². The first-order valence-corrected chi connectivity index (χ1v) is 10.6. The summed E-state index contributed by atoms with van der Waals surface area (Å²) in [5.74, 6) is 0.723. The minimum absolute atomic E-state index is 0.280. The first kappa shape index (κ1) is 17.9. The van der Waals surface area contributed by atoms with E-state index in [1.165, 1.54) is 11.3 Å². The van der Waals surface area contributed by atoms with Crippen molar-refractivity contribution in [3.8, 4) is 5.75 Å². The molecule has 0 spiro atoms. The first-order chi connectivity index (χ1) is 12.1. The molecule has 3 aromatic rings. The van der Waals surface area contributed by atoms with Gasteiger partial charge in [0.25, 0.3) is 0 Å². The number of fused-ring (bicyclic) bond motifs is 1. The molecule has 25 heavy (non-hydrogen) atoms. The lowest BCUT2D eigenvalue weighted by molar-refractivity contribution is 0.313. The molecule has 0 radical (unpaired) electrons. The molecule has 6 heteroatoms. The van der Waals surface area contributed by atoms with Crippen LogP contribution < -0.4 is 9.46 Å². The van der Waals surface area contributed by atoms with E-state index in [-0.39, 0.29) is 4.90 Å². The summed E-state index contributed by atoms with van der Waals surface area (Å²) in [4.78, 5) is 1.26. The van der Waals surface area contributed by atoms with E-state index in [1.807, 2.05) is 41.8 Å². The summed E-state index contributed by atoms with van der Waals surface area (Å²) in [5.41, 5.74) is 0. The number of sulfonamides is 1. The van der Waals surface area contributed by atoms with E-state index in [1.54, 1.807) is 12.1 Å². The van der Waals surface area contributed by atoms with Crippen molar-refractivity contribution >= 4 is 32.1 Å². The summed E-state index contributed by atoms with van der Waals surface area (Å²) in [6.45, 7) is 3.03. The summed E-state index contributed by atoms with van der Waals surface area (Å²) < 4.78 is 34.0. The van der Waals surface area contributed by atoms with Gasteiger partial charge >= 0.3 is 0 Å². The minimum atomic E-state index is -3.60. The molecule has 0 saturated carbocycles. The number of hydrogen-bond acceptors (Lipinski definition) is 4. The highest BCUT2D eigenvalue weighted by Gasteiger charge is 2.19. The van der Waals surface area contributed by atoms with E-state index in [0.717, 1.165) is 28.9 Å². The van der Waals surface area contributed by atoms with Gasteiger partial charge in [-0.3, -0.25) is 0 Å². The van der Waals surface area contributed by atoms with Crippen molar-refractivity contribution in [2.24, 2.45) is 0 Å². The summed E-state index contributed by atoms with van der Waals surface area (Å²) in [6.07, 6.45) is 2.02. The third-order valence-electron chi connectivity index (χ3n) is 3.91. The van der Waals surface area contributed by atoms with Gasteiger partial charge in [0.15, 0.2) is 0 Å². The van der Waals surface area contributed by atoms with Crippen molar-refractivity contribution in [3.63, 3.8) is 0 Å². The Balaban J connectivity index is 1.92. The lowest BCUT2D eigenvalue weighted by atomic mass is 10.1. The molecule has 2 aromatic carbocycles. The maximum atomic E-state index is 12.8. The zero-order valence-corrected chi connectivity index (χ0v) is 15.7. The summed E-state index contributed by atoms with van der Waals surface area (Å²) in [6, 6.07) is 14.7. The molecule has 0 aliphatic heterocycles. The van der Waals surface area contributed by atoms with E-state index in [0.29, 0.717) is 18.5 Å². The minimum Gasteiger partial charge on any atom is -0.493 e. The Hall–Kier alpha value is -1.89. The zero-order chi connectivity index (χ0) is 17.7. The topological polar surface area (TPSA) is 55.4 Å². The van der Waals surface area contributed by atoms with Crippen molar-refractivity contribution in [3.05, 3.63) is 58.8 Å². The average Bonchev–Trinajstić information content (AvgIpc) is 3.14. The largest absolute Gasteiger partial charge is 0.493 e. The third-order valence-corrected chi connectivity index (χ3v) is 6.24. The predicted octanol–water partition coefficient (Wildman–Crippen LogP) is 4.56. The van der Waals surface area contributed by atoms with Gasteiger partial charge in [0.2, 0.25) is 10.0 Å². The van der Waals surface area contributed by atoms with Crippen molar-refractivity contribution in [1.29, 1.82) is 0 Å². The lowest BCUT2D eigenvalue weighted by Crippen LogP contribution is -2.23. The van der Waals surface area contributed by atoms with Crippen LogP contribution in [-0.2, 0) is 16.6 Å². The van der Waals surface area contributed by atoms with Crippen LogP contribution in [-0.4, -0.2) is 15.0 Å². The number of nitrogens with one attached hydrogen (secondary N) is 1. The number of ether oxygens (including phenoxy) is 1. The molecule has 132 valence electrons. The Kier molecular flexibility index (Phi) is 5.73. The van der Waals surface area contributed by atoms with Gasteiger partial charge in [-0.25, -0.2) is 13.1 Å². The molecule has 1 aromatic heterocycles. The SMILES string of the molecule is CCCCOc1ccc(S(=O)(=O)NCc2cccs2)c2ccccc12. The van der Waals surface area contributed by atoms with E-state index in [9.17, 15) is 8.42 Å². The van der Waals surface area contributed by atoms with Gasteiger partial charge in [0.1, 0.15) is 5.75 Å². The smallest absolute Gasteiger partial charge is 0.241 e. The number of thiophene rings is 1. The Labute approximate surface area is 152 Å². The molecule has 0 aliphatic carbocycles. The molecule has 0 unspecified atom stereocenters. The van der Waals surface area contributed by atoms with E-state index >= 15 is 0 Å². The number of unbranched alkanes of at least 4 members (excludes halogenated alkanes) is 1. The van der Waals surface area contributed by atoms with Crippen LogP contribution >= 0.6 is 11.3 Å². The molecule has 1 N–H and O–H groups in total. The van der Waals surface area contributed by atoms with Crippen LogP contribution in [0, 0.1) is 0 Å². The Bertz CT molecular complexity index is 934. The fourth-order valence-electron chi connectivity index (χ4n) is 2.59. The van der Waals surface area contributed by atoms with Crippen LogP contribution in [0.5, 0.6) is 5.75 Å². The highest BCUT2D eigenvalue weighted by Crippen LogP contribution is 2.31. The van der Waals surface area contributed by atoms with E-state index in [2.05, 4.69) is 11.6 Å². The zero-order valence-electron chi connectivity index (χ0n) is 14.1. The first-order valence-electron chi connectivity index (χ1n) is 8.28. The molecule has 0 aliphatic rings. The van der Waals surface area contributed by atoms with Crippen molar-refractivity contribution in [1.82, 2.24) is 4.72 Å². The van der Waals surface area contributed by atoms with Gasteiger partial charge in [-0.1, -0.05) is 43.7 Å². The summed E-state index contributed by atoms with van der Waals surface area (Å²) >= 11 is 1.53. The Morgan fingerprint density at radius 3 is 2.56 bits per heavy atom. The fourth-order valence-corrected chi connectivity index (χ4v) is 4.54. The second kappa shape index (κ2) is 7.99. The molecule has 0 saturated heterocycles. The van der Waals surface area contributed by atoms with Crippen molar-refractivity contribution in [2.45, 2.75) is 31.2 Å². The van der Waals surface area contributed by atoms with Gasteiger partial charge in [-0.15, -0.1) is 11.3 Å². The standard InChI is InChI=1S/C19H21NO3S2/c1-2-3-12-23-18-10-11-19(17-9-5-4-8-16(17)18)25(21,22)20-14-15-7-6-13-24-15/h4-11,13,20H,2-3,12,14H2,1H3. The van der Waals surface area contributed by atoms with Crippen LogP contribution in [0.25, 0.3) is 10.8 Å². The van der Waals surface area contributed by atoms with Gasteiger partial charge in [-0.05, 0) is 30.0 Å². The highest BCUT2D eigenvalue weighted by molar-refractivity contribution is 7.89. The lowest BCUT2D eigenvalue weighted by Gasteiger charge is -2.13. The monoisotopic (exact) mass is 375 g/mol. The second-order valence-electron chi connectivity index (χ2n) is 5.71. The second-order valence-corrected chi connectivity index (χ2v) is 8.48. The van der Waals surface area contributed by atoms with Crippen molar-refractivity contribution < 1.29 is 13.2 Å². The quantitative estimate of drug-likeness (QED) is 0.587. The van der Waals surface area contributed by atoms with Crippen LogP contribution in [0.3, 0.4) is 0 Å². The summed E-state index contributed by atoms with van der Waals surface area (Å²) in [7, 11) is -3.60. The molecule has 0 atom stereocenters. The Morgan fingerprint density at radius 1 is 1.04 bits per heavy atom. The van der Waals surface area contributed by atoms with E-state index < -0.39 is 10.0 Å². The Morgan fingerprint density at radius 2 is 1.84 bits per heavy atom. The van der Waals surface area contributed by atoms with Crippen molar-refractivity contribution in [2.75, 3.05) is 6.61 Å². The molecule has 0 fully saturated rings. The van der Waals surface area contributed by atoms with E-state index in [4.69, 9.17) is 4.74 Å². The molecular formula is C19H21NO3S2. The molecule has 0 bridgehead atoms. The van der Waals surface area contributed by atoms with Crippen LogP contribution in [0.15, 0.2) is 58.8 Å². The molecule has 1 heterocycles. The van der Waals surface area contributed by atoms with Gasteiger partial charge < -0.3 is 4.74 Å².